The summed E-state index contributed by atoms with van der Waals surface area (Å²) in [5, 5.41) is 15.2. The quantitative estimate of drug-likeness (QED) is 0.862. The van der Waals surface area contributed by atoms with Crippen LogP contribution in [0.2, 0.25) is 10.0 Å². The first-order chi connectivity index (χ1) is 9.28. The zero-order valence-corrected chi connectivity index (χ0v) is 13.7. The van der Waals surface area contributed by atoms with Gasteiger partial charge in [0.05, 0.1) is 5.60 Å². The van der Waals surface area contributed by atoms with Gasteiger partial charge in [-0.05, 0) is 54.9 Å². The van der Waals surface area contributed by atoms with Gasteiger partial charge in [-0.2, -0.15) is 0 Å². The summed E-state index contributed by atoms with van der Waals surface area (Å²) in [5.41, 5.74) is 0.840. The average Bonchev–Trinajstić information content (AvgIpc) is 2.33. The number of benzene rings is 1. The molecule has 0 saturated heterocycles. The predicted molar refractivity (Wildman–Crippen MR) is 85.4 cm³/mol. The van der Waals surface area contributed by atoms with Crippen molar-refractivity contribution in [2.45, 2.75) is 51.7 Å². The zero-order chi connectivity index (χ0) is 14.8. The van der Waals surface area contributed by atoms with Gasteiger partial charge in [0.15, 0.2) is 0 Å². The highest BCUT2D eigenvalue weighted by Gasteiger charge is 2.36. The van der Waals surface area contributed by atoms with Gasteiger partial charge < -0.3 is 10.4 Å². The first-order valence-corrected chi connectivity index (χ1v) is 7.92. The van der Waals surface area contributed by atoms with E-state index in [4.69, 9.17) is 23.2 Å². The molecule has 0 aliphatic heterocycles. The second kappa shape index (κ2) is 6.23. The van der Waals surface area contributed by atoms with Crippen molar-refractivity contribution in [2.75, 3.05) is 6.54 Å². The molecule has 2 rings (SSSR count). The molecule has 0 atom stereocenters. The average molecular weight is 316 g/mol. The Balaban J connectivity index is 1.83. The minimum absolute atomic E-state index is 0.368. The van der Waals surface area contributed by atoms with Crippen molar-refractivity contribution < 1.29 is 5.11 Å². The molecular weight excluding hydrogens is 293 g/mol. The largest absolute Gasteiger partial charge is 0.389 e. The highest BCUT2D eigenvalue weighted by molar-refractivity contribution is 6.34. The van der Waals surface area contributed by atoms with Crippen LogP contribution >= 0.6 is 23.2 Å². The molecule has 1 saturated carbocycles. The van der Waals surface area contributed by atoms with Crippen LogP contribution in [0.1, 0.15) is 45.1 Å². The first kappa shape index (κ1) is 16.1. The van der Waals surface area contributed by atoms with E-state index >= 15 is 0 Å². The van der Waals surface area contributed by atoms with Gasteiger partial charge >= 0.3 is 0 Å². The predicted octanol–water partition coefficient (Wildman–Crippen LogP) is 4.41. The summed E-state index contributed by atoms with van der Waals surface area (Å²) < 4.78 is 0. The van der Waals surface area contributed by atoms with Crippen LogP contribution < -0.4 is 5.32 Å². The van der Waals surface area contributed by atoms with E-state index in [1.807, 2.05) is 12.1 Å². The Morgan fingerprint density at radius 1 is 1.05 bits per heavy atom. The lowest BCUT2D eigenvalue weighted by Gasteiger charge is -2.40. The monoisotopic (exact) mass is 315 g/mol. The molecule has 0 heterocycles. The van der Waals surface area contributed by atoms with Crippen molar-refractivity contribution >= 4 is 23.2 Å². The van der Waals surface area contributed by atoms with Crippen LogP contribution in [0.15, 0.2) is 18.2 Å². The molecule has 2 nitrogen and oxygen atoms in total. The van der Waals surface area contributed by atoms with Gasteiger partial charge in [0.2, 0.25) is 0 Å². The normalized spacial score (nSPS) is 20.9. The molecule has 1 aromatic carbocycles. The molecule has 1 aliphatic carbocycles. The molecule has 1 aliphatic rings. The maximum atomic E-state index is 10.6. The van der Waals surface area contributed by atoms with E-state index in [1.54, 1.807) is 6.07 Å². The summed E-state index contributed by atoms with van der Waals surface area (Å²) >= 11 is 11.9. The molecule has 0 bridgehead atoms. The fourth-order valence-corrected chi connectivity index (χ4v) is 3.29. The summed E-state index contributed by atoms with van der Waals surface area (Å²) in [6, 6.07) is 5.52. The second-order valence-electron chi connectivity index (χ2n) is 6.77. The topological polar surface area (TPSA) is 32.3 Å². The summed E-state index contributed by atoms with van der Waals surface area (Å²) in [6.07, 6.45) is 3.88. The Morgan fingerprint density at radius 3 is 2.15 bits per heavy atom. The lowest BCUT2D eigenvalue weighted by Crippen LogP contribution is -2.44. The van der Waals surface area contributed by atoms with Crippen molar-refractivity contribution in [3.05, 3.63) is 33.8 Å². The first-order valence-electron chi connectivity index (χ1n) is 7.16. The molecule has 0 spiro atoms. The molecule has 2 N–H and O–H groups in total. The standard InChI is InChI=1S/C16H23Cl2NO/c1-15(2)3-5-16(20,6-4-15)11-19-10-12-7-13(17)9-14(18)8-12/h7-9,19-20H,3-6,10-11H2,1-2H3. The molecule has 0 unspecified atom stereocenters. The van der Waals surface area contributed by atoms with Gasteiger partial charge in [-0.15, -0.1) is 0 Å². The summed E-state index contributed by atoms with van der Waals surface area (Å²) in [7, 11) is 0. The fraction of sp³-hybridized carbons (Fsp3) is 0.625. The van der Waals surface area contributed by atoms with Gasteiger partial charge in [0.1, 0.15) is 0 Å². The third-order valence-corrected chi connectivity index (χ3v) is 4.68. The van der Waals surface area contributed by atoms with Crippen molar-refractivity contribution in [1.29, 1.82) is 0 Å². The van der Waals surface area contributed by atoms with Gasteiger partial charge in [-0.1, -0.05) is 37.0 Å². The van der Waals surface area contributed by atoms with E-state index in [2.05, 4.69) is 19.2 Å². The SMILES string of the molecule is CC1(C)CCC(O)(CNCc2cc(Cl)cc(Cl)c2)CC1. The van der Waals surface area contributed by atoms with E-state index in [-0.39, 0.29) is 0 Å². The number of hydrogen-bond acceptors (Lipinski definition) is 2. The highest BCUT2D eigenvalue weighted by atomic mass is 35.5. The third kappa shape index (κ3) is 4.63. The van der Waals surface area contributed by atoms with Crippen LogP contribution in [-0.2, 0) is 6.54 Å². The molecule has 0 aromatic heterocycles. The van der Waals surface area contributed by atoms with E-state index in [0.29, 0.717) is 28.5 Å². The third-order valence-electron chi connectivity index (χ3n) is 4.24. The Hall–Kier alpha value is -0.280. The second-order valence-corrected chi connectivity index (χ2v) is 7.64. The van der Waals surface area contributed by atoms with Crippen LogP contribution in [0, 0.1) is 5.41 Å². The van der Waals surface area contributed by atoms with Crippen LogP contribution in [0.3, 0.4) is 0 Å². The van der Waals surface area contributed by atoms with Crippen LogP contribution in [-0.4, -0.2) is 17.3 Å². The zero-order valence-electron chi connectivity index (χ0n) is 12.2. The molecule has 1 aromatic rings. The lowest BCUT2D eigenvalue weighted by atomic mass is 9.71. The Morgan fingerprint density at radius 2 is 1.60 bits per heavy atom. The van der Waals surface area contributed by atoms with Crippen LogP contribution in [0.25, 0.3) is 0 Å². The molecular formula is C16H23Cl2NO. The molecule has 20 heavy (non-hydrogen) atoms. The van der Waals surface area contributed by atoms with E-state index in [9.17, 15) is 5.11 Å². The highest BCUT2D eigenvalue weighted by Crippen LogP contribution is 2.39. The minimum Gasteiger partial charge on any atom is -0.389 e. The van der Waals surface area contributed by atoms with E-state index in [0.717, 1.165) is 31.2 Å². The molecule has 4 heteroatoms. The molecule has 0 radical (unpaired) electrons. The van der Waals surface area contributed by atoms with Crippen LogP contribution in [0.5, 0.6) is 0 Å². The maximum Gasteiger partial charge on any atom is 0.0772 e. The summed E-state index contributed by atoms with van der Waals surface area (Å²) in [4.78, 5) is 0. The van der Waals surface area contributed by atoms with Gasteiger partial charge in [0.25, 0.3) is 0 Å². The van der Waals surface area contributed by atoms with E-state index in [1.165, 1.54) is 0 Å². The molecule has 1 fully saturated rings. The summed E-state index contributed by atoms with van der Waals surface area (Å²) in [5.74, 6) is 0. The van der Waals surface area contributed by atoms with Crippen molar-refractivity contribution in [3.63, 3.8) is 0 Å². The Bertz CT molecular complexity index is 443. The lowest BCUT2D eigenvalue weighted by molar-refractivity contribution is -0.0245. The van der Waals surface area contributed by atoms with Crippen molar-refractivity contribution in [1.82, 2.24) is 5.32 Å². The number of aliphatic hydroxyl groups is 1. The minimum atomic E-state index is -0.572. The van der Waals surface area contributed by atoms with Gasteiger partial charge in [0, 0.05) is 23.1 Å². The van der Waals surface area contributed by atoms with E-state index < -0.39 is 5.60 Å². The summed E-state index contributed by atoms with van der Waals surface area (Å²) in [6.45, 7) is 5.83. The maximum absolute atomic E-state index is 10.6. The van der Waals surface area contributed by atoms with Crippen LogP contribution in [0.4, 0.5) is 0 Å². The number of rotatable bonds is 4. The van der Waals surface area contributed by atoms with Crippen molar-refractivity contribution in [3.8, 4) is 0 Å². The molecule has 0 amide bonds. The molecule has 112 valence electrons. The fourth-order valence-electron chi connectivity index (χ4n) is 2.72. The van der Waals surface area contributed by atoms with Gasteiger partial charge in [-0.3, -0.25) is 0 Å². The number of halogens is 2. The number of nitrogens with one attached hydrogen (secondary N) is 1. The number of hydrogen-bond donors (Lipinski definition) is 2. The van der Waals surface area contributed by atoms with Gasteiger partial charge in [-0.25, -0.2) is 0 Å². The smallest absolute Gasteiger partial charge is 0.0772 e. The Kier molecular flexibility index (Phi) is 5.01. The Labute approximate surface area is 131 Å². The van der Waals surface area contributed by atoms with Crippen molar-refractivity contribution in [2.24, 2.45) is 5.41 Å².